The molecular formula is C32H33ClN4O6S. The number of nitrogens with zero attached hydrogens (tertiary/aromatic N) is 2. The fourth-order valence-electron chi connectivity index (χ4n) is 4.88. The summed E-state index contributed by atoms with van der Waals surface area (Å²) in [7, 11) is -4.04. The summed E-state index contributed by atoms with van der Waals surface area (Å²) in [6.07, 6.45) is 1.47. The molecule has 1 aromatic heterocycles. The second-order valence-corrected chi connectivity index (χ2v) is 12.4. The Kier molecular flexibility index (Phi) is 10.6. The lowest BCUT2D eigenvalue weighted by atomic mass is 10.0. The van der Waals surface area contributed by atoms with Crippen LogP contribution in [0.2, 0.25) is 5.02 Å². The van der Waals surface area contributed by atoms with E-state index < -0.39 is 33.8 Å². The minimum Gasteiger partial charge on any atom is -0.481 e. The molecule has 0 spiro atoms. The molecule has 0 aliphatic heterocycles. The number of aliphatic carboxylic acids is 1. The van der Waals surface area contributed by atoms with Crippen LogP contribution >= 0.6 is 11.6 Å². The van der Waals surface area contributed by atoms with Crippen LogP contribution in [0.5, 0.6) is 0 Å². The first-order valence-electron chi connectivity index (χ1n) is 14.0. The molecule has 1 heterocycles. The van der Waals surface area contributed by atoms with Gasteiger partial charge >= 0.3 is 5.97 Å². The Bertz CT molecular complexity index is 1770. The van der Waals surface area contributed by atoms with Crippen LogP contribution in [-0.2, 0) is 39.0 Å². The Labute approximate surface area is 261 Å². The van der Waals surface area contributed by atoms with Crippen molar-refractivity contribution in [3.05, 3.63) is 106 Å². The van der Waals surface area contributed by atoms with Gasteiger partial charge in [0, 0.05) is 29.2 Å². The molecule has 44 heavy (non-hydrogen) atoms. The highest BCUT2D eigenvalue weighted by atomic mass is 35.5. The Morgan fingerprint density at radius 2 is 1.68 bits per heavy atom. The maximum absolute atomic E-state index is 13.2. The molecule has 10 nitrogen and oxygen atoms in total. The molecule has 0 radical (unpaired) electrons. The number of carboxylic acids is 1. The highest BCUT2D eigenvalue weighted by Gasteiger charge is 2.22. The lowest BCUT2D eigenvalue weighted by molar-refractivity contribution is -0.137. The van der Waals surface area contributed by atoms with Crippen LogP contribution < -0.4 is 10.0 Å². The molecule has 0 fully saturated rings. The van der Waals surface area contributed by atoms with Crippen molar-refractivity contribution in [1.29, 1.82) is 0 Å². The average molecular weight is 637 g/mol. The average Bonchev–Trinajstić information content (AvgIpc) is 3.36. The fourth-order valence-corrected chi connectivity index (χ4v) is 6.32. The smallest absolute Gasteiger partial charge is 0.305 e. The zero-order chi connectivity index (χ0) is 31.9. The number of amides is 2. The number of benzene rings is 3. The van der Waals surface area contributed by atoms with Crippen LogP contribution in [-0.4, -0.2) is 47.1 Å². The summed E-state index contributed by atoms with van der Waals surface area (Å²) in [4.78, 5) is 36.2. The quantitative estimate of drug-likeness (QED) is 0.190. The van der Waals surface area contributed by atoms with Gasteiger partial charge in [0.2, 0.25) is 5.91 Å². The van der Waals surface area contributed by atoms with Gasteiger partial charge < -0.3 is 10.4 Å². The highest BCUT2D eigenvalue weighted by molar-refractivity contribution is 7.90. The second kappa shape index (κ2) is 14.3. The minimum atomic E-state index is -4.04. The Hall–Kier alpha value is -4.48. The van der Waals surface area contributed by atoms with E-state index in [0.29, 0.717) is 29.1 Å². The van der Waals surface area contributed by atoms with Crippen molar-refractivity contribution < 1.29 is 27.9 Å². The summed E-state index contributed by atoms with van der Waals surface area (Å²) >= 11 is 6.27. The number of aromatic nitrogens is 2. The summed E-state index contributed by atoms with van der Waals surface area (Å²) in [6.45, 7) is 3.51. The topological polar surface area (TPSA) is 147 Å². The van der Waals surface area contributed by atoms with Gasteiger partial charge in [0.25, 0.3) is 15.9 Å². The molecule has 4 aromatic rings. The molecule has 3 aromatic carbocycles. The van der Waals surface area contributed by atoms with Crippen molar-refractivity contribution in [3.63, 3.8) is 0 Å². The Morgan fingerprint density at radius 3 is 2.34 bits per heavy atom. The van der Waals surface area contributed by atoms with Crippen molar-refractivity contribution in [1.82, 2.24) is 19.8 Å². The molecule has 12 heteroatoms. The number of hydrogen-bond donors (Lipinski definition) is 3. The lowest BCUT2D eigenvalue weighted by Crippen LogP contribution is -2.38. The monoisotopic (exact) mass is 636 g/mol. The molecule has 0 bridgehead atoms. The van der Waals surface area contributed by atoms with Crippen LogP contribution in [0.1, 0.15) is 54.0 Å². The Morgan fingerprint density at radius 1 is 1.00 bits per heavy atom. The molecule has 1 unspecified atom stereocenters. The van der Waals surface area contributed by atoms with E-state index >= 15 is 0 Å². The van der Waals surface area contributed by atoms with E-state index in [1.807, 2.05) is 23.8 Å². The lowest BCUT2D eigenvalue weighted by Gasteiger charge is -2.17. The van der Waals surface area contributed by atoms with E-state index in [9.17, 15) is 27.9 Å². The van der Waals surface area contributed by atoms with Crippen molar-refractivity contribution in [2.75, 3.05) is 0 Å². The van der Waals surface area contributed by atoms with Crippen LogP contribution in [0.3, 0.4) is 0 Å². The predicted octanol–water partition coefficient (Wildman–Crippen LogP) is 4.84. The molecule has 0 aliphatic rings. The van der Waals surface area contributed by atoms with Gasteiger partial charge in [0.15, 0.2) is 0 Å². The van der Waals surface area contributed by atoms with Crippen LogP contribution in [0.15, 0.2) is 83.8 Å². The molecule has 3 N–H and O–H groups in total. The zero-order valence-electron chi connectivity index (χ0n) is 24.3. The number of carbonyl (C=O) groups excluding carboxylic acids is 2. The van der Waals surface area contributed by atoms with Crippen LogP contribution in [0.25, 0.3) is 11.1 Å². The SMILES string of the molecule is CCCc1cc(C(=O)NC(CC(=O)O)Cc2ccccc2Cl)nn1Cc1ccc(-c2ccccc2S(=O)(=O)NC(C)=O)cc1. The summed E-state index contributed by atoms with van der Waals surface area (Å²) in [5, 5.41) is 17.3. The molecular weight excluding hydrogens is 604 g/mol. The summed E-state index contributed by atoms with van der Waals surface area (Å²) in [6, 6.07) is 21.8. The van der Waals surface area contributed by atoms with Gasteiger partial charge in [-0.15, -0.1) is 0 Å². The van der Waals surface area contributed by atoms with E-state index in [4.69, 9.17) is 11.6 Å². The van der Waals surface area contributed by atoms with Gasteiger partial charge in [-0.25, -0.2) is 13.1 Å². The van der Waals surface area contributed by atoms with E-state index in [-0.39, 0.29) is 23.4 Å². The first kappa shape index (κ1) is 32.4. The molecule has 0 aliphatic carbocycles. The standard InChI is InChI=1S/C32H33ClN4O6S/c1-3-8-26-19-29(32(41)34-25(18-31(39)40)17-24-9-4-6-11-28(24)33)35-37(26)20-22-13-15-23(16-14-22)27-10-5-7-12-30(27)44(42,43)36-21(2)38/h4-7,9-16,19,25H,3,8,17-18,20H2,1-2H3,(H,34,41)(H,36,38)(H,39,40). The first-order chi connectivity index (χ1) is 21.0. The van der Waals surface area contributed by atoms with E-state index in [2.05, 4.69) is 10.4 Å². The van der Waals surface area contributed by atoms with E-state index in [1.54, 1.807) is 65.3 Å². The third-order valence-electron chi connectivity index (χ3n) is 6.83. The third kappa shape index (κ3) is 8.33. The molecule has 0 saturated heterocycles. The van der Waals surface area contributed by atoms with Crippen LogP contribution in [0, 0.1) is 0 Å². The number of rotatable bonds is 13. The maximum Gasteiger partial charge on any atom is 0.305 e. The van der Waals surface area contributed by atoms with E-state index in [1.165, 1.54) is 6.07 Å². The normalized spacial score (nSPS) is 12.0. The number of aryl methyl sites for hydroxylation is 1. The van der Waals surface area contributed by atoms with Gasteiger partial charge in [0.1, 0.15) is 5.69 Å². The minimum absolute atomic E-state index is 0.00773. The van der Waals surface area contributed by atoms with Crippen molar-refractivity contribution in [3.8, 4) is 11.1 Å². The van der Waals surface area contributed by atoms with Crippen LogP contribution in [0.4, 0.5) is 0 Å². The highest BCUT2D eigenvalue weighted by Crippen LogP contribution is 2.28. The number of halogens is 1. The van der Waals surface area contributed by atoms with E-state index in [0.717, 1.165) is 30.2 Å². The summed E-state index contributed by atoms with van der Waals surface area (Å²) in [5.74, 6) is -2.20. The summed E-state index contributed by atoms with van der Waals surface area (Å²) < 4.78 is 29.2. The fraction of sp³-hybridized carbons (Fsp3) is 0.250. The molecule has 4 rings (SSSR count). The zero-order valence-corrected chi connectivity index (χ0v) is 25.9. The van der Waals surface area contributed by atoms with Crippen molar-refractivity contribution >= 4 is 39.4 Å². The van der Waals surface area contributed by atoms with Crippen molar-refractivity contribution in [2.45, 2.75) is 57.0 Å². The third-order valence-corrected chi connectivity index (χ3v) is 8.69. The summed E-state index contributed by atoms with van der Waals surface area (Å²) in [5.41, 5.74) is 3.72. The van der Waals surface area contributed by atoms with Gasteiger partial charge in [-0.1, -0.05) is 85.6 Å². The number of carbonyl (C=O) groups is 3. The van der Waals surface area contributed by atoms with Crippen molar-refractivity contribution in [2.24, 2.45) is 0 Å². The molecule has 2 amide bonds. The van der Waals surface area contributed by atoms with Gasteiger partial charge in [0.05, 0.1) is 17.9 Å². The second-order valence-electron chi connectivity index (χ2n) is 10.3. The van der Waals surface area contributed by atoms with Gasteiger partial charge in [-0.05, 0) is 47.7 Å². The largest absolute Gasteiger partial charge is 0.481 e. The number of hydrogen-bond acceptors (Lipinski definition) is 6. The first-order valence-corrected chi connectivity index (χ1v) is 15.9. The molecule has 0 saturated carbocycles. The number of sulfonamides is 1. The maximum atomic E-state index is 13.2. The van der Waals surface area contributed by atoms with Gasteiger partial charge in [-0.2, -0.15) is 5.10 Å². The number of carboxylic acid groups (broad SMARTS) is 1. The predicted molar refractivity (Wildman–Crippen MR) is 167 cm³/mol. The Balaban J connectivity index is 1.54. The van der Waals surface area contributed by atoms with Gasteiger partial charge in [-0.3, -0.25) is 19.1 Å². The number of nitrogens with one attached hydrogen (secondary N) is 2. The molecule has 1 atom stereocenters. The molecule has 230 valence electrons.